The number of unbranched alkanes of at least 4 members (excludes halogenated alkanes) is 3. The Kier molecular flexibility index (Phi) is 7.88. The van der Waals surface area contributed by atoms with Crippen LogP contribution in [-0.2, 0) is 13.1 Å². The first kappa shape index (κ1) is 25.1. The first-order valence-corrected chi connectivity index (χ1v) is 13.9. The number of nitrogens with zero attached hydrogens (tertiary/aromatic N) is 4. The molecule has 0 aliphatic carbocycles. The molecule has 0 saturated heterocycles. The van der Waals surface area contributed by atoms with Gasteiger partial charge in [-0.05, 0) is 61.7 Å². The molecule has 0 bridgehead atoms. The van der Waals surface area contributed by atoms with Crippen LogP contribution in [0.3, 0.4) is 0 Å². The Bertz CT molecular complexity index is 1380. The summed E-state index contributed by atoms with van der Waals surface area (Å²) in [5.41, 5.74) is 6.57. The first-order valence-electron chi connectivity index (χ1n) is 13.9. The number of imidazole rings is 2. The third-order valence-corrected chi connectivity index (χ3v) is 6.97. The Hall–Kier alpha value is -3.60. The van der Waals surface area contributed by atoms with E-state index in [9.17, 15) is 0 Å². The van der Waals surface area contributed by atoms with E-state index in [4.69, 9.17) is 14.7 Å². The van der Waals surface area contributed by atoms with Crippen molar-refractivity contribution in [2.75, 3.05) is 6.61 Å². The highest BCUT2D eigenvalue weighted by Crippen LogP contribution is 2.34. The summed E-state index contributed by atoms with van der Waals surface area (Å²) in [5, 5.41) is 0. The van der Waals surface area contributed by atoms with E-state index in [-0.39, 0.29) is 0 Å². The summed E-state index contributed by atoms with van der Waals surface area (Å²) in [6.07, 6.45) is 6.63. The summed E-state index contributed by atoms with van der Waals surface area (Å²) in [7, 11) is 0. The van der Waals surface area contributed by atoms with Gasteiger partial charge < -0.3 is 13.9 Å². The molecule has 2 aromatic heterocycles. The number of ether oxygens (including phenoxy) is 1. The van der Waals surface area contributed by atoms with Gasteiger partial charge in [-0.25, -0.2) is 9.97 Å². The Morgan fingerprint density at radius 3 is 1.59 bits per heavy atom. The van der Waals surface area contributed by atoms with Gasteiger partial charge in [0.25, 0.3) is 0 Å². The highest BCUT2D eigenvalue weighted by Gasteiger charge is 2.18. The quantitative estimate of drug-likeness (QED) is 0.163. The average Bonchev–Trinajstić information content (AvgIpc) is 3.49. The van der Waals surface area contributed by atoms with Gasteiger partial charge in [-0.1, -0.05) is 64.3 Å². The molecule has 3 aromatic carbocycles. The monoisotopic (exact) mass is 494 g/mol. The summed E-state index contributed by atoms with van der Waals surface area (Å²) in [5.74, 6) is 2.87. The van der Waals surface area contributed by atoms with E-state index >= 15 is 0 Å². The van der Waals surface area contributed by atoms with Crippen LogP contribution in [0.2, 0.25) is 0 Å². The number of benzene rings is 3. The van der Waals surface area contributed by atoms with Crippen LogP contribution in [-0.4, -0.2) is 25.7 Å². The summed E-state index contributed by atoms with van der Waals surface area (Å²) in [4.78, 5) is 10.2. The van der Waals surface area contributed by atoms with Gasteiger partial charge >= 0.3 is 0 Å². The van der Waals surface area contributed by atoms with Crippen molar-refractivity contribution < 1.29 is 4.74 Å². The topological polar surface area (TPSA) is 44.9 Å². The number of aryl methyl sites for hydroxylation is 2. The van der Waals surface area contributed by atoms with Crippen LogP contribution >= 0.6 is 0 Å². The molecule has 5 nitrogen and oxygen atoms in total. The Labute approximate surface area is 220 Å². The molecule has 0 unspecified atom stereocenters. The van der Waals surface area contributed by atoms with Gasteiger partial charge in [-0.2, -0.15) is 0 Å². The molecular weight excluding hydrogens is 456 g/mol. The molecule has 0 spiro atoms. The zero-order valence-electron chi connectivity index (χ0n) is 22.4. The van der Waals surface area contributed by atoms with Gasteiger partial charge in [0.1, 0.15) is 17.4 Å². The van der Waals surface area contributed by atoms with Crippen molar-refractivity contribution in [3.05, 3.63) is 66.7 Å². The fourth-order valence-electron chi connectivity index (χ4n) is 4.95. The van der Waals surface area contributed by atoms with Crippen LogP contribution in [0.4, 0.5) is 0 Å². The van der Waals surface area contributed by atoms with E-state index in [2.05, 4.69) is 96.6 Å². The van der Waals surface area contributed by atoms with Crippen LogP contribution in [0.1, 0.15) is 59.3 Å². The molecule has 0 amide bonds. The first-order chi connectivity index (χ1) is 18.2. The largest absolute Gasteiger partial charge is 0.494 e. The van der Waals surface area contributed by atoms with Gasteiger partial charge in [0.2, 0.25) is 0 Å². The van der Waals surface area contributed by atoms with Crippen molar-refractivity contribution in [2.24, 2.45) is 0 Å². The van der Waals surface area contributed by atoms with Gasteiger partial charge in [-0.3, -0.25) is 0 Å². The molecular formula is C32H38N4O. The summed E-state index contributed by atoms with van der Waals surface area (Å²) < 4.78 is 11.0. The van der Waals surface area contributed by atoms with E-state index in [1.807, 2.05) is 0 Å². The lowest BCUT2D eigenvalue weighted by Gasteiger charge is -2.14. The van der Waals surface area contributed by atoms with Crippen LogP contribution in [0.25, 0.3) is 44.8 Å². The minimum absolute atomic E-state index is 0.706. The molecule has 37 heavy (non-hydrogen) atoms. The number of aromatic nitrogens is 4. The number of hydrogen-bond donors (Lipinski definition) is 0. The molecule has 0 saturated carbocycles. The van der Waals surface area contributed by atoms with E-state index in [1.54, 1.807) is 0 Å². The van der Waals surface area contributed by atoms with Crippen LogP contribution in [0.15, 0.2) is 66.7 Å². The predicted molar refractivity (Wildman–Crippen MR) is 154 cm³/mol. The molecule has 0 fully saturated rings. The second kappa shape index (κ2) is 11.6. The molecule has 0 aliphatic heterocycles. The molecule has 0 atom stereocenters. The van der Waals surface area contributed by atoms with Crippen molar-refractivity contribution in [3.8, 4) is 28.5 Å². The lowest BCUT2D eigenvalue weighted by Crippen LogP contribution is -2.04. The molecule has 5 rings (SSSR count). The lowest BCUT2D eigenvalue weighted by molar-refractivity contribution is 0.309. The van der Waals surface area contributed by atoms with Crippen molar-refractivity contribution in [2.45, 2.75) is 72.4 Å². The SMILES string of the molecule is CCCCOc1cc(-c2nc3ccccc3n2CCCC)cc(-c2nc3ccccc3n2CCCC)c1. The van der Waals surface area contributed by atoms with E-state index in [0.29, 0.717) is 6.61 Å². The standard InChI is InChI=1S/C32H38N4O/c1-4-7-18-35-29-16-12-10-14-27(29)33-31(35)24-21-25(23-26(22-24)37-20-9-6-3)32-34-28-15-11-13-17-30(28)36(32)19-8-5-2/h10-17,21-23H,4-9,18-20H2,1-3H3. The van der Waals surface area contributed by atoms with Crippen molar-refractivity contribution in [1.29, 1.82) is 0 Å². The van der Waals surface area contributed by atoms with Gasteiger partial charge in [0.05, 0.1) is 28.7 Å². The van der Waals surface area contributed by atoms with E-state index < -0.39 is 0 Å². The zero-order chi connectivity index (χ0) is 25.6. The third-order valence-electron chi connectivity index (χ3n) is 6.97. The smallest absolute Gasteiger partial charge is 0.141 e. The fraction of sp³-hybridized carbons (Fsp3) is 0.375. The minimum Gasteiger partial charge on any atom is -0.494 e. The summed E-state index contributed by atoms with van der Waals surface area (Å²) in [6, 6.07) is 23.4. The maximum atomic E-state index is 6.29. The molecule has 5 heteroatoms. The van der Waals surface area contributed by atoms with Gasteiger partial charge in [-0.15, -0.1) is 0 Å². The highest BCUT2D eigenvalue weighted by atomic mass is 16.5. The minimum atomic E-state index is 0.706. The summed E-state index contributed by atoms with van der Waals surface area (Å²) in [6.45, 7) is 9.25. The maximum Gasteiger partial charge on any atom is 0.141 e. The highest BCUT2D eigenvalue weighted by molar-refractivity contribution is 5.84. The van der Waals surface area contributed by atoms with Crippen molar-refractivity contribution in [1.82, 2.24) is 19.1 Å². The van der Waals surface area contributed by atoms with Crippen molar-refractivity contribution >= 4 is 22.1 Å². The molecule has 0 radical (unpaired) electrons. The Balaban J connectivity index is 1.69. The molecule has 192 valence electrons. The normalized spacial score (nSPS) is 11.5. The molecule has 0 N–H and O–H groups in total. The van der Waals surface area contributed by atoms with E-state index in [0.717, 1.165) is 91.2 Å². The number of hydrogen-bond acceptors (Lipinski definition) is 3. The zero-order valence-corrected chi connectivity index (χ0v) is 22.4. The maximum absolute atomic E-state index is 6.29. The van der Waals surface area contributed by atoms with Crippen LogP contribution in [0, 0.1) is 0 Å². The lowest BCUT2D eigenvalue weighted by atomic mass is 10.1. The number of fused-ring (bicyclic) bond motifs is 2. The van der Waals surface area contributed by atoms with Crippen LogP contribution < -0.4 is 4.74 Å². The molecule has 5 aromatic rings. The third kappa shape index (κ3) is 5.27. The number of rotatable bonds is 12. The molecule has 0 aliphatic rings. The van der Waals surface area contributed by atoms with Crippen molar-refractivity contribution in [3.63, 3.8) is 0 Å². The Morgan fingerprint density at radius 1 is 0.622 bits per heavy atom. The molecule has 2 heterocycles. The van der Waals surface area contributed by atoms with Gasteiger partial charge in [0, 0.05) is 24.2 Å². The number of para-hydroxylation sites is 4. The van der Waals surface area contributed by atoms with Crippen LogP contribution in [0.5, 0.6) is 5.75 Å². The predicted octanol–water partition coefficient (Wildman–Crippen LogP) is 8.50. The second-order valence-corrected chi connectivity index (χ2v) is 9.81. The Morgan fingerprint density at radius 2 is 1.11 bits per heavy atom. The van der Waals surface area contributed by atoms with Gasteiger partial charge in [0.15, 0.2) is 0 Å². The average molecular weight is 495 g/mol. The summed E-state index contributed by atoms with van der Waals surface area (Å²) >= 11 is 0. The fourth-order valence-corrected chi connectivity index (χ4v) is 4.95. The van der Waals surface area contributed by atoms with E-state index in [1.165, 1.54) is 11.0 Å². The second-order valence-electron chi connectivity index (χ2n) is 9.81.